The number of amides is 2. The van der Waals surface area contributed by atoms with Crippen molar-refractivity contribution in [1.82, 2.24) is 14.5 Å². The molecule has 2 aromatic rings. The number of anilines is 1. The molecular formula is C28H42N4O5S. The van der Waals surface area contributed by atoms with Crippen LogP contribution in [-0.4, -0.2) is 69.3 Å². The van der Waals surface area contributed by atoms with Crippen molar-refractivity contribution in [2.45, 2.75) is 66.1 Å². The van der Waals surface area contributed by atoms with E-state index in [1.807, 2.05) is 52.0 Å². The Morgan fingerprint density at radius 2 is 1.63 bits per heavy atom. The molecule has 0 heterocycles. The Morgan fingerprint density at radius 3 is 2.16 bits per heavy atom. The van der Waals surface area contributed by atoms with Gasteiger partial charge >= 0.3 is 10.2 Å². The van der Waals surface area contributed by atoms with E-state index < -0.39 is 28.7 Å². The van der Waals surface area contributed by atoms with Crippen molar-refractivity contribution in [3.8, 4) is 5.75 Å². The average Bonchev–Trinajstić information content (AvgIpc) is 2.88. The Labute approximate surface area is 227 Å². The lowest BCUT2D eigenvalue weighted by Gasteiger charge is -2.34. The van der Waals surface area contributed by atoms with E-state index in [-0.39, 0.29) is 18.5 Å². The van der Waals surface area contributed by atoms with Crippen LogP contribution in [-0.2, 0) is 26.3 Å². The molecule has 0 unspecified atom stereocenters. The minimum atomic E-state index is -4.02. The first-order valence-electron chi connectivity index (χ1n) is 12.9. The summed E-state index contributed by atoms with van der Waals surface area (Å²) < 4.78 is 34.3. The number of methoxy groups -OCH3 is 1. The summed E-state index contributed by atoms with van der Waals surface area (Å²) in [5.41, 5.74) is 2.81. The topological polar surface area (TPSA) is 99.3 Å². The maximum Gasteiger partial charge on any atom is 0.304 e. The van der Waals surface area contributed by atoms with Crippen LogP contribution in [0, 0.1) is 13.8 Å². The molecule has 0 radical (unpaired) electrons. The molecule has 0 saturated heterocycles. The molecule has 9 nitrogen and oxygen atoms in total. The predicted molar refractivity (Wildman–Crippen MR) is 151 cm³/mol. The Morgan fingerprint density at radius 1 is 1.00 bits per heavy atom. The number of rotatable bonds is 13. The number of benzene rings is 2. The maximum atomic E-state index is 14.0. The van der Waals surface area contributed by atoms with Crippen molar-refractivity contribution in [2.75, 3.05) is 32.1 Å². The van der Waals surface area contributed by atoms with Crippen LogP contribution in [0.4, 0.5) is 5.69 Å². The normalized spacial score (nSPS) is 13.1. The number of carbonyl (C=O) groups is 2. The van der Waals surface area contributed by atoms with Crippen molar-refractivity contribution < 1.29 is 22.7 Å². The average molecular weight is 547 g/mol. The first-order valence-corrected chi connectivity index (χ1v) is 14.3. The Bertz CT molecular complexity index is 1200. The summed E-state index contributed by atoms with van der Waals surface area (Å²) in [4.78, 5) is 28.7. The van der Waals surface area contributed by atoms with Gasteiger partial charge in [-0.1, -0.05) is 38.1 Å². The van der Waals surface area contributed by atoms with Crippen LogP contribution in [0.3, 0.4) is 0 Å². The molecule has 38 heavy (non-hydrogen) atoms. The second-order valence-corrected chi connectivity index (χ2v) is 11.8. The van der Waals surface area contributed by atoms with E-state index in [9.17, 15) is 18.0 Å². The molecule has 0 aliphatic carbocycles. The molecular weight excluding hydrogens is 504 g/mol. The Hall–Kier alpha value is -3.11. The third kappa shape index (κ3) is 7.70. The number of carbonyl (C=O) groups excluding carboxylic acids is 2. The quantitative estimate of drug-likeness (QED) is 0.414. The lowest BCUT2D eigenvalue weighted by atomic mass is 10.1. The molecule has 2 atom stereocenters. The highest BCUT2D eigenvalue weighted by Gasteiger charge is 2.34. The minimum absolute atomic E-state index is 0.0601. The van der Waals surface area contributed by atoms with Crippen LogP contribution in [0.15, 0.2) is 42.5 Å². The summed E-state index contributed by atoms with van der Waals surface area (Å²) in [6.07, 6.45) is 1.12. The van der Waals surface area contributed by atoms with Gasteiger partial charge in [-0.2, -0.15) is 12.7 Å². The van der Waals surface area contributed by atoms with Crippen molar-refractivity contribution in [1.29, 1.82) is 0 Å². The van der Waals surface area contributed by atoms with Gasteiger partial charge in [0.2, 0.25) is 11.8 Å². The smallest absolute Gasteiger partial charge is 0.304 e. The number of ether oxygens (including phenoxy) is 1. The van der Waals surface area contributed by atoms with E-state index in [1.54, 1.807) is 32.2 Å². The van der Waals surface area contributed by atoms with Gasteiger partial charge in [0.15, 0.2) is 0 Å². The molecule has 0 aliphatic rings. The highest BCUT2D eigenvalue weighted by molar-refractivity contribution is 7.90. The monoisotopic (exact) mass is 546 g/mol. The summed E-state index contributed by atoms with van der Waals surface area (Å²) in [6.45, 7) is 9.08. The van der Waals surface area contributed by atoms with Gasteiger partial charge in [-0.3, -0.25) is 9.59 Å². The fraction of sp³-hybridized carbons (Fsp3) is 0.500. The van der Waals surface area contributed by atoms with Crippen LogP contribution in [0.5, 0.6) is 5.75 Å². The highest BCUT2D eigenvalue weighted by Crippen LogP contribution is 2.26. The molecule has 0 fully saturated rings. The molecule has 2 aromatic carbocycles. The van der Waals surface area contributed by atoms with E-state index in [4.69, 9.17) is 4.74 Å². The molecule has 0 spiro atoms. The van der Waals surface area contributed by atoms with E-state index in [1.165, 1.54) is 19.0 Å². The van der Waals surface area contributed by atoms with Crippen molar-refractivity contribution in [3.05, 3.63) is 59.2 Å². The highest BCUT2D eigenvalue weighted by atomic mass is 32.2. The van der Waals surface area contributed by atoms with Crippen LogP contribution in [0.25, 0.3) is 0 Å². The molecule has 1 N–H and O–H groups in total. The first-order chi connectivity index (χ1) is 17.8. The van der Waals surface area contributed by atoms with E-state index in [2.05, 4.69) is 5.32 Å². The van der Waals surface area contributed by atoms with E-state index in [0.29, 0.717) is 17.9 Å². The van der Waals surface area contributed by atoms with Crippen LogP contribution < -0.4 is 14.4 Å². The molecule has 10 heteroatoms. The van der Waals surface area contributed by atoms with Crippen LogP contribution >= 0.6 is 0 Å². The summed E-state index contributed by atoms with van der Waals surface area (Å²) in [7, 11) is 0.422. The Kier molecular flexibility index (Phi) is 11.1. The predicted octanol–water partition coefficient (Wildman–Crippen LogP) is 3.65. The lowest BCUT2D eigenvalue weighted by Crippen LogP contribution is -2.54. The van der Waals surface area contributed by atoms with Gasteiger partial charge in [0, 0.05) is 26.7 Å². The summed E-state index contributed by atoms with van der Waals surface area (Å²) in [5, 5.41) is 2.98. The number of aryl methyl sites for hydroxylation is 2. The zero-order valence-corrected chi connectivity index (χ0v) is 24.6. The third-order valence-corrected chi connectivity index (χ3v) is 8.36. The minimum Gasteiger partial charge on any atom is -0.497 e. The number of hydrogen-bond acceptors (Lipinski definition) is 5. The lowest BCUT2D eigenvalue weighted by molar-refractivity contribution is -0.140. The van der Waals surface area contributed by atoms with Crippen LogP contribution in [0.2, 0.25) is 0 Å². The molecule has 2 amide bonds. The Balaban J connectivity index is 2.55. The zero-order chi connectivity index (χ0) is 28.6. The van der Waals surface area contributed by atoms with E-state index in [0.717, 1.165) is 31.7 Å². The summed E-state index contributed by atoms with van der Waals surface area (Å²) >= 11 is 0. The van der Waals surface area contributed by atoms with Gasteiger partial charge in [-0.25, -0.2) is 4.31 Å². The second-order valence-electron chi connectivity index (χ2n) is 9.70. The summed E-state index contributed by atoms with van der Waals surface area (Å²) in [6, 6.07) is 11.9. The van der Waals surface area contributed by atoms with Gasteiger partial charge in [-0.15, -0.1) is 0 Å². The SMILES string of the molecule is CC[C@@H](C)NC(=O)[C@@H](CC)N(Cc1ccc(OC)cc1)C(=O)CN(c1cc(C)ccc1C)S(=O)(=O)N(C)C. The molecule has 0 aliphatic heterocycles. The standard InChI is InChI=1S/C28H42N4O5S/c1-9-22(5)29-28(34)25(10-2)31(18-23-13-15-24(37-8)16-14-23)27(33)19-32(38(35,36)30(6)7)26-17-20(3)11-12-21(26)4/h11-17,22,25H,9-10,18-19H2,1-8H3,(H,29,34)/t22-,25-/m1/s1. The van der Waals surface area contributed by atoms with Crippen LogP contribution in [0.1, 0.15) is 50.3 Å². The van der Waals surface area contributed by atoms with E-state index >= 15 is 0 Å². The molecule has 2 rings (SSSR count). The number of hydrogen-bond donors (Lipinski definition) is 1. The third-order valence-electron chi connectivity index (χ3n) is 6.55. The van der Waals surface area contributed by atoms with Gasteiger partial charge < -0.3 is 15.0 Å². The summed E-state index contributed by atoms with van der Waals surface area (Å²) in [5.74, 6) is -0.0675. The largest absolute Gasteiger partial charge is 0.497 e. The first kappa shape index (κ1) is 31.1. The van der Waals surface area contributed by atoms with Crippen molar-refractivity contribution in [3.63, 3.8) is 0 Å². The maximum absolute atomic E-state index is 14.0. The molecule has 210 valence electrons. The number of nitrogens with zero attached hydrogens (tertiary/aromatic N) is 3. The molecule has 0 bridgehead atoms. The molecule has 0 aromatic heterocycles. The van der Waals surface area contributed by atoms with Gasteiger partial charge in [0.25, 0.3) is 0 Å². The fourth-order valence-electron chi connectivity index (χ4n) is 3.98. The molecule has 0 saturated carbocycles. The number of nitrogens with one attached hydrogen (secondary N) is 1. The fourth-order valence-corrected chi connectivity index (χ4v) is 5.09. The van der Waals surface area contributed by atoms with Gasteiger partial charge in [0.05, 0.1) is 12.8 Å². The zero-order valence-electron chi connectivity index (χ0n) is 23.8. The van der Waals surface area contributed by atoms with Gasteiger partial charge in [0.1, 0.15) is 18.3 Å². The second kappa shape index (κ2) is 13.6. The van der Waals surface area contributed by atoms with Gasteiger partial charge in [-0.05, 0) is 68.5 Å². The van der Waals surface area contributed by atoms with Crippen molar-refractivity contribution >= 4 is 27.7 Å². The van der Waals surface area contributed by atoms with Crippen molar-refractivity contribution in [2.24, 2.45) is 0 Å².